The van der Waals surface area contributed by atoms with E-state index >= 15 is 0 Å². The van der Waals surface area contributed by atoms with E-state index in [0.29, 0.717) is 0 Å². The normalized spacial score (nSPS) is 16.9. The van der Waals surface area contributed by atoms with Crippen molar-refractivity contribution < 1.29 is 22.7 Å². The van der Waals surface area contributed by atoms with Crippen molar-refractivity contribution in [2.45, 2.75) is 51.7 Å². The molecule has 2 aromatic rings. The Morgan fingerprint density at radius 2 is 2.27 bits per heavy atom. The number of ether oxygens (including phenoxy) is 1. The summed E-state index contributed by atoms with van der Waals surface area (Å²) in [5.41, 5.74) is 0.215. The molecule has 2 heterocycles. The number of hydrogen-bond acceptors (Lipinski definition) is 4. The highest BCUT2D eigenvalue weighted by molar-refractivity contribution is 5.92. The van der Waals surface area contributed by atoms with Crippen LogP contribution in [0.4, 0.5) is 8.78 Å². The summed E-state index contributed by atoms with van der Waals surface area (Å²) in [4.78, 5) is 18.6. The topological polar surface area (TPSA) is 55.6 Å². The molecule has 1 fully saturated rings. The van der Waals surface area contributed by atoms with E-state index in [4.69, 9.17) is 9.15 Å². The summed E-state index contributed by atoms with van der Waals surface area (Å²) >= 11 is 0. The molecule has 1 aromatic carbocycles. The molecule has 1 amide bonds. The number of rotatable bonds is 7. The Kier molecular flexibility index (Phi) is 5.85. The third-order valence-electron chi connectivity index (χ3n) is 4.57. The van der Waals surface area contributed by atoms with Crippen LogP contribution < -0.4 is 4.74 Å². The average Bonchev–Trinajstić information content (AvgIpc) is 3.30. The highest BCUT2D eigenvalue weighted by Crippen LogP contribution is 2.24. The molecule has 0 unspecified atom stereocenters. The van der Waals surface area contributed by atoms with Crippen molar-refractivity contribution in [2.24, 2.45) is 0 Å². The molecule has 1 aliphatic heterocycles. The Hall–Kier alpha value is -2.44. The SMILES string of the molecule is CCCC[C@@H]1CCCN1C(=O)c1coc(COc2cccc(F)c2F)n1. The number of oxazole rings is 1. The van der Waals surface area contributed by atoms with Crippen LogP contribution in [0.5, 0.6) is 5.75 Å². The minimum Gasteiger partial charge on any atom is -0.481 e. The molecular weight excluding hydrogens is 342 g/mol. The maximum Gasteiger partial charge on any atom is 0.276 e. The van der Waals surface area contributed by atoms with Crippen LogP contribution in [0.2, 0.25) is 0 Å². The summed E-state index contributed by atoms with van der Waals surface area (Å²) in [6, 6.07) is 3.92. The van der Waals surface area contributed by atoms with Gasteiger partial charge in [0.05, 0.1) is 0 Å². The molecule has 140 valence electrons. The summed E-state index contributed by atoms with van der Waals surface area (Å²) in [5, 5.41) is 0. The van der Waals surface area contributed by atoms with Gasteiger partial charge in [0, 0.05) is 12.6 Å². The first-order valence-electron chi connectivity index (χ1n) is 8.92. The molecule has 1 atom stereocenters. The van der Waals surface area contributed by atoms with Gasteiger partial charge in [-0.05, 0) is 31.4 Å². The third kappa shape index (κ3) is 4.03. The van der Waals surface area contributed by atoms with Crippen LogP contribution in [0.3, 0.4) is 0 Å². The van der Waals surface area contributed by atoms with Crippen molar-refractivity contribution in [2.75, 3.05) is 6.54 Å². The molecule has 7 heteroatoms. The third-order valence-corrected chi connectivity index (χ3v) is 4.57. The van der Waals surface area contributed by atoms with Crippen LogP contribution in [-0.4, -0.2) is 28.4 Å². The lowest BCUT2D eigenvalue weighted by Gasteiger charge is -2.23. The van der Waals surface area contributed by atoms with E-state index in [-0.39, 0.29) is 35.9 Å². The van der Waals surface area contributed by atoms with Crippen LogP contribution >= 0.6 is 0 Å². The van der Waals surface area contributed by atoms with E-state index in [1.165, 1.54) is 18.4 Å². The zero-order valence-electron chi connectivity index (χ0n) is 14.7. The van der Waals surface area contributed by atoms with Gasteiger partial charge in [-0.25, -0.2) is 9.37 Å². The molecule has 1 aromatic heterocycles. The fourth-order valence-corrected chi connectivity index (χ4v) is 3.20. The van der Waals surface area contributed by atoms with E-state index in [1.807, 2.05) is 4.90 Å². The van der Waals surface area contributed by atoms with E-state index in [2.05, 4.69) is 11.9 Å². The zero-order valence-corrected chi connectivity index (χ0v) is 14.7. The van der Waals surface area contributed by atoms with Gasteiger partial charge >= 0.3 is 0 Å². The largest absolute Gasteiger partial charge is 0.481 e. The molecule has 1 saturated heterocycles. The van der Waals surface area contributed by atoms with Crippen molar-refractivity contribution in [1.82, 2.24) is 9.88 Å². The Morgan fingerprint density at radius 3 is 3.08 bits per heavy atom. The minimum atomic E-state index is -1.06. The van der Waals surface area contributed by atoms with Crippen LogP contribution in [0.15, 0.2) is 28.9 Å². The molecule has 0 saturated carbocycles. The lowest BCUT2D eigenvalue weighted by atomic mass is 10.1. The standard InChI is InChI=1S/C19H22F2N2O3/c1-2-3-6-13-7-5-10-23(13)19(24)15-11-26-17(22-15)12-25-16-9-4-8-14(20)18(16)21/h4,8-9,11,13H,2-3,5-7,10,12H2,1H3/t13-/m1/s1. The second-order valence-electron chi connectivity index (χ2n) is 6.40. The van der Waals surface area contributed by atoms with E-state index in [1.54, 1.807) is 0 Å². The van der Waals surface area contributed by atoms with Crippen molar-refractivity contribution >= 4 is 5.91 Å². The molecular formula is C19H22F2N2O3. The number of likely N-dealkylation sites (tertiary alicyclic amines) is 1. The highest BCUT2D eigenvalue weighted by Gasteiger charge is 2.30. The van der Waals surface area contributed by atoms with Gasteiger partial charge in [-0.2, -0.15) is 4.39 Å². The number of aromatic nitrogens is 1. The second-order valence-corrected chi connectivity index (χ2v) is 6.40. The number of carbonyl (C=O) groups excluding carboxylic acids is 1. The number of unbranched alkanes of at least 4 members (excludes halogenated alkanes) is 1. The summed E-state index contributed by atoms with van der Waals surface area (Å²) in [6.07, 6.45) is 6.48. The van der Waals surface area contributed by atoms with Gasteiger partial charge in [-0.15, -0.1) is 0 Å². The predicted octanol–water partition coefficient (Wildman–Crippen LogP) is 4.33. The summed E-state index contributed by atoms with van der Waals surface area (Å²) in [6.45, 7) is 2.67. The number of carbonyl (C=O) groups is 1. The second kappa shape index (κ2) is 8.29. The lowest BCUT2D eigenvalue weighted by molar-refractivity contribution is 0.0723. The summed E-state index contributed by atoms with van der Waals surface area (Å²) in [5.74, 6) is -2.30. The fraction of sp³-hybridized carbons (Fsp3) is 0.474. The van der Waals surface area contributed by atoms with Crippen LogP contribution in [0, 0.1) is 11.6 Å². The Balaban J connectivity index is 1.62. The first-order valence-corrected chi connectivity index (χ1v) is 8.92. The van der Waals surface area contributed by atoms with Crippen molar-refractivity contribution in [1.29, 1.82) is 0 Å². The monoisotopic (exact) mass is 364 g/mol. The van der Waals surface area contributed by atoms with E-state index in [0.717, 1.165) is 44.7 Å². The molecule has 1 aliphatic rings. The molecule has 0 N–H and O–H groups in total. The first-order chi connectivity index (χ1) is 12.6. The van der Waals surface area contributed by atoms with Gasteiger partial charge in [-0.1, -0.05) is 25.8 Å². The first kappa shape index (κ1) is 18.4. The molecule has 3 rings (SSSR count). The van der Waals surface area contributed by atoms with Gasteiger partial charge < -0.3 is 14.1 Å². The van der Waals surface area contributed by atoms with Crippen LogP contribution in [0.25, 0.3) is 0 Å². The lowest BCUT2D eigenvalue weighted by Crippen LogP contribution is -2.35. The van der Waals surface area contributed by atoms with Crippen molar-refractivity contribution in [3.63, 3.8) is 0 Å². The van der Waals surface area contributed by atoms with Crippen LogP contribution in [0.1, 0.15) is 55.4 Å². The molecule has 26 heavy (non-hydrogen) atoms. The van der Waals surface area contributed by atoms with Gasteiger partial charge in [0.1, 0.15) is 6.26 Å². The highest BCUT2D eigenvalue weighted by atomic mass is 19.2. The Morgan fingerprint density at radius 1 is 1.42 bits per heavy atom. The molecule has 0 aliphatic carbocycles. The van der Waals surface area contributed by atoms with Crippen LogP contribution in [-0.2, 0) is 6.61 Å². The van der Waals surface area contributed by atoms with Gasteiger partial charge in [0.2, 0.25) is 11.7 Å². The number of halogens is 2. The minimum absolute atomic E-state index is 0.140. The fourth-order valence-electron chi connectivity index (χ4n) is 3.20. The maximum atomic E-state index is 13.6. The van der Waals surface area contributed by atoms with E-state index < -0.39 is 11.6 Å². The van der Waals surface area contributed by atoms with Gasteiger partial charge in [-0.3, -0.25) is 4.79 Å². The van der Waals surface area contributed by atoms with Gasteiger partial charge in [0.15, 0.2) is 23.9 Å². The number of benzene rings is 1. The molecule has 0 bridgehead atoms. The predicted molar refractivity (Wildman–Crippen MR) is 90.8 cm³/mol. The zero-order chi connectivity index (χ0) is 18.5. The summed E-state index contributed by atoms with van der Waals surface area (Å²) < 4.78 is 37.2. The Bertz CT molecular complexity index is 763. The summed E-state index contributed by atoms with van der Waals surface area (Å²) in [7, 11) is 0. The number of nitrogens with zero attached hydrogens (tertiary/aromatic N) is 2. The van der Waals surface area contributed by atoms with Crippen molar-refractivity contribution in [3.8, 4) is 5.75 Å². The Labute approximate surface area is 151 Å². The molecule has 0 spiro atoms. The number of amides is 1. The quantitative estimate of drug-likeness (QED) is 0.734. The molecule has 0 radical (unpaired) electrons. The number of hydrogen-bond donors (Lipinski definition) is 0. The van der Waals surface area contributed by atoms with Gasteiger partial charge in [0.25, 0.3) is 5.91 Å². The van der Waals surface area contributed by atoms with E-state index in [9.17, 15) is 13.6 Å². The maximum absolute atomic E-state index is 13.6. The average molecular weight is 364 g/mol. The van der Waals surface area contributed by atoms with Crippen molar-refractivity contribution in [3.05, 3.63) is 47.7 Å². The smallest absolute Gasteiger partial charge is 0.276 e. The molecule has 5 nitrogen and oxygen atoms in total.